The SMILES string of the molecule is COc1cc(OC)c(NC(=O)[C@@H](NS(=O)(=O)c2cccc3nsnc23)c2ccccc2)cc1Cl. The molecule has 0 aliphatic rings. The molecule has 4 aromatic rings. The van der Waals surface area contributed by atoms with Crippen LogP contribution in [0.3, 0.4) is 0 Å². The number of ether oxygens (including phenoxy) is 2. The van der Waals surface area contributed by atoms with E-state index in [4.69, 9.17) is 21.1 Å². The summed E-state index contributed by atoms with van der Waals surface area (Å²) >= 11 is 7.12. The third-order valence-corrected chi connectivity index (χ3v) is 7.23. The Bertz CT molecular complexity index is 1440. The molecule has 0 saturated carbocycles. The Kier molecular flexibility index (Phi) is 6.98. The molecule has 34 heavy (non-hydrogen) atoms. The second-order valence-electron chi connectivity index (χ2n) is 7.03. The lowest BCUT2D eigenvalue weighted by Gasteiger charge is -2.20. The molecule has 0 unspecified atom stereocenters. The lowest BCUT2D eigenvalue weighted by atomic mass is 10.1. The van der Waals surface area contributed by atoms with E-state index in [1.165, 1.54) is 32.4 Å². The highest BCUT2D eigenvalue weighted by molar-refractivity contribution is 7.89. The molecular weight excluding hydrogens is 500 g/mol. The molecule has 1 heterocycles. The molecule has 4 rings (SSSR count). The summed E-state index contributed by atoms with van der Waals surface area (Å²) in [6.45, 7) is 0. The maximum Gasteiger partial charge on any atom is 0.247 e. The van der Waals surface area contributed by atoms with E-state index in [1.807, 2.05) is 0 Å². The van der Waals surface area contributed by atoms with E-state index >= 15 is 0 Å². The number of amides is 1. The number of carbonyl (C=O) groups is 1. The fourth-order valence-electron chi connectivity index (χ4n) is 3.30. The molecule has 0 aliphatic heterocycles. The Hall–Kier alpha value is -3.25. The number of fused-ring (bicyclic) bond motifs is 1. The monoisotopic (exact) mass is 518 g/mol. The van der Waals surface area contributed by atoms with Crippen molar-refractivity contribution in [2.24, 2.45) is 0 Å². The van der Waals surface area contributed by atoms with Crippen molar-refractivity contribution in [3.8, 4) is 11.5 Å². The summed E-state index contributed by atoms with van der Waals surface area (Å²) in [5.74, 6) is 0.0160. The quantitative estimate of drug-likeness (QED) is 0.361. The minimum Gasteiger partial charge on any atom is -0.495 e. The van der Waals surface area contributed by atoms with Crippen molar-refractivity contribution >= 4 is 56.0 Å². The average molecular weight is 519 g/mol. The van der Waals surface area contributed by atoms with E-state index < -0.39 is 22.0 Å². The van der Waals surface area contributed by atoms with Gasteiger partial charge < -0.3 is 14.8 Å². The van der Waals surface area contributed by atoms with E-state index in [0.717, 1.165) is 11.7 Å². The van der Waals surface area contributed by atoms with Crippen LogP contribution >= 0.6 is 23.3 Å². The predicted molar refractivity (Wildman–Crippen MR) is 130 cm³/mol. The molecule has 0 aliphatic carbocycles. The van der Waals surface area contributed by atoms with Gasteiger partial charge in [0.2, 0.25) is 15.9 Å². The van der Waals surface area contributed by atoms with Gasteiger partial charge in [-0.3, -0.25) is 4.79 Å². The molecule has 176 valence electrons. The molecule has 3 aromatic carbocycles. The van der Waals surface area contributed by atoms with Gasteiger partial charge in [0.15, 0.2) is 0 Å². The van der Waals surface area contributed by atoms with Crippen molar-refractivity contribution < 1.29 is 22.7 Å². The standard InChI is InChI=1S/C22H19ClN4O5S2/c1-31-17-12-18(32-2)16(11-14(17)23)24-22(28)20(13-7-4-3-5-8-13)27-34(29,30)19-10-6-9-15-21(19)26-33-25-15/h3-12,20,27H,1-2H3,(H,24,28)/t20-/m0/s1. The van der Waals surface area contributed by atoms with Crippen molar-refractivity contribution in [3.63, 3.8) is 0 Å². The fourth-order valence-corrected chi connectivity index (χ4v) is 5.49. The highest BCUT2D eigenvalue weighted by Crippen LogP contribution is 2.36. The maximum atomic E-state index is 13.4. The van der Waals surface area contributed by atoms with Crippen LogP contribution in [0.2, 0.25) is 5.02 Å². The number of methoxy groups -OCH3 is 2. The second-order valence-corrected chi connectivity index (χ2v) is 9.65. The summed E-state index contributed by atoms with van der Waals surface area (Å²) < 4.78 is 47.9. The molecule has 0 spiro atoms. The summed E-state index contributed by atoms with van der Waals surface area (Å²) in [5.41, 5.74) is 1.37. The number of halogens is 1. The lowest BCUT2D eigenvalue weighted by Crippen LogP contribution is -2.37. The number of hydrogen-bond donors (Lipinski definition) is 2. The summed E-state index contributed by atoms with van der Waals surface area (Å²) in [4.78, 5) is 13.3. The number of nitrogens with one attached hydrogen (secondary N) is 2. The summed E-state index contributed by atoms with van der Waals surface area (Å²) in [7, 11) is -1.28. The van der Waals surface area contributed by atoms with Gasteiger partial charge in [-0.25, -0.2) is 8.42 Å². The fraction of sp³-hybridized carbons (Fsp3) is 0.136. The van der Waals surface area contributed by atoms with Crippen LogP contribution in [0.15, 0.2) is 65.6 Å². The molecule has 12 heteroatoms. The molecule has 0 radical (unpaired) electrons. The molecule has 0 fully saturated rings. The molecule has 2 N–H and O–H groups in total. The number of nitrogens with zero attached hydrogens (tertiary/aromatic N) is 2. The number of anilines is 1. The largest absolute Gasteiger partial charge is 0.495 e. The first kappa shape index (κ1) is 23.9. The number of sulfonamides is 1. The molecule has 0 saturated heterocycles. The Labute approximate surface area is 205 Å². The Morgan fingerprint density at radius 2 is 1.74 bits per heavy atom. The van der Waals surface area contributed by atoms with Crippen LogP contribution in [0.4, 0.5) is 5.69 Å². The van der Waals surface area contributed by atoms with Gasteiger partial charge in [-0.2, -0.15) is 13.5 Å². The minimum atomic E-state index is -4.16. The number of rotatable bonds is 8. The van der Waals surface area contributed by atoms with Crippen LogP contribution in [0, 0.1) is 0 Å². The number of benzene rings is 3. The van der Waals surface area contributed by atoms with Gasteiger partial charge in [0.05, 0.1) is 36.7 Å². The third kappa shape index (κ3) is 4.82. The lowest BCUT2D eigenvalue weighted by molar-refractivity contribution is -0.117. The van der Waals surface area contributed by atoms with Gasteiger partial charge in [0.1, 0.15) is 33.5 Å². The molecular formula is C22H19ClN4O5S2. The Morgan fingerprint density at radius 3 is 2.44 bits per heavy atom. The van der Waals surface area contributed by atoms with Gasteiger partial charge in [0.25, 0.3) is 0 Å². The van der Waals surface area contributed by atoms with Gasteiger partial charge in [-0.15, -0.1) is 0 Å². The third-order valence-electron chi connectivity index (χ3n) is 4.94. The zero-order chi connectivity index (χ0) is 24.3. The first-order valence-corrected chi connectivity index (χ1v) is 12.4. The Morgan fingerprint density at radius 1 is 1.00 bits per heavy atom. The second kappa shape index (κ2) is 9.94. The summed E-state index contributed by atoms with van der Waals surface area (Å²) in [6.07, 6.45) is 0. The molecule has 0 bridgehead atoms. The zero-order valence-electron chi connectivity index (χ0n) is 18.0. The smallest absolute Gasteiger partial charge is 0.247 e. The Balaban J connectivity index is 1.71. The highest BCUT2D eigenvalue weighted by Gasteiger charge is 2.30. The van der Waals surface area contributed by atoms with Crippen molar-refractivity contribution in [2.45, 2.75) is 10.9 Å². The van der Waals surface area contributed by atoms with E-state index in [1.54, 1.807) is 42.5 Å². The number of hydrogen-bond acceptors (Lipinski definition) is 8. The van der Waals surface area contributed by atoms with Gasteiger partial charge >= 0.3 is 0 Å². The minimum absolute atomic E-state index is 0.0717. The molecule has 1 atom stereocenters. The van der Waals surface area contributed by atoms with Crippen molar-refractivity contribution in [1.29, 1.82) is 0 Å². The first-order chi connectivity index (χ1) is 16.3. The van der Waals surface area contributed by atoms with Crippen LogP contribution in [0.5, 0.6) is 11.5 Å². The molecule has 1 aromatic heterocycles. The van der Waals surface area contributed by atoms with E-state index in [0.29, 0.717) is 22.6 Å². The first-order valence-electron chi connectivity index (χ1n) is 9.85. The van der Waals surface area contributed by atoms with Crippen molar-refractivity contribution in [2.75, 3.05) is 19.5 Å². The summed E-state index contributed by atoms with van der Waals surface area (Å²) in [5, 5.41) is 2.95. The highest BCUT2D eigenvalue weighted by atomic mass is 35.5. The molecule has 9 nitrogen and oxygen atoms in total. The van der Waals surface area contributed by atoms with Gasteiger partial charge in [-0.05, 0) is 23.8 Å². The van der Waals surface area contributed by atoms with Crippen LogP contribution < -0.4 is 19.5 Å². The van der Waals surface area contributed by atoms with Crippen molar-refractivity contribution in [1.82, 2.24) is 13.5 Å². The van der Waals surface area contributed by atoms with Crippen molar-refractivity contribution in [3.05, 3.63) is 71.2 Å². The van der Waals surface area contributed by atoms with Gasteiger partial charge in [-0.1, -0.05) is 48.0 Å². The maximum absolute atomic E-state index is 13.4. The van der Waals surface area contributed by atoms with Crippen LogP contribution in [0.1, 0.15) is 11.6 Å². The van der Waals surface area contributed by atoms with Gasteiger partial charge in [0, 0.05) is 6.07 Å². The van der Waals surface area contributed by atoms with E-state index in [2.05, 4.69) is 18.8 Å². The van der Waals surface area contributed by atoms with Crippen LogP contribution in [-0.4, -0.2) is 37.3 Å². The topological polar surface area (TPSA) is 120 Å². The average Bonchev–Trinajstić information content (AvgIpc) is 3.32. The van der Waals surface area contributed by atoms with E-state index in [-0.39, 0.29) is 21.1 Å². The van der Waals surface area contributed by atoms with Crippen LogP contribution in [-0.2, 0) is 14.8 Å². The zero-order valence-corrected chi connectivity index (χ0v) is 20.4. The van der Waals surface area contributed by atoms with Crippen LogP contribution in [0.25, 0.3) is 11.0 Å². The normalized spacial score (nSPS) is 12.3. The number of carbonyl (C=O) groups excluding carboxylic acids is 1. The number of aromatic nitrogens is 2. The molecule has 1 amide bonds. The van der Waals surface area contributed by atoms with E-state index in [9.17, 15) is 13.2 Å². The summed E-state index contributed by atoms with van der Waals surface area (Å²) in [6, 6.07) is 14.9. The predicted octanol–water partition coefficient (Wildman–Crippen LogP) is 4.02.